The molecule has 6 heteroatoms. The summed E-state index contributed by atoms with van der Waals surface area (Å²) in [6.07, 6.45) is 3.55. The van der Waals surface area contributed by atoms with Crippen molar-refractivity contribution in [2.24, 2.45) is 5.84 Å². The Morgan fingerprint density at radius 3 is 2.72 bits per heavy atom. The van der Waals surface area contributed by atoms with Crippen LogP contribution in [0.25, 0.3) is 0 Å². The molecule has 2 rings (SSSR count). The van der Waals surface area contributed by atoms with Gasteiger partial charge in [0, 0.05) is 5.56 Å². The minimum Gasteiger partial charge on any atom is -0.496 e. The van der Waals surface area contributed by atoms with Crippen LogP contribution in [-0.2, 0) is 4.74 Å². The van der Waals surface area contributed by atoms with E-state index in [1.807, 2.05) is 6.08 Å². The summed E-state index contributed by atoms with van der Waals surface area (Å²) in [6, 6.07) is 1.25. The van der Waals surface area contributed by atoms with Crippen molar-refractivity contribution in [3.05, 3.63) is 46.2 Å². The number of nitrogens with one attached hydrogen (secondary N) is 1. The van der Waals surface area contributed by atoms with Crippen LogP contribution in [0.1, 0.15) is 24.4 Å². The van der Waals surface area contributed by atoms with Gasteiger partial charge < -0.3 is 4.74 Å². The topological polar surface area (TPSA) is 47.3 Å². The third-order valence-corrected chi connectivity index (χ3v) is 3.05. The number of benzene rings is 1. The molecule has 0 spiro atoms. The Morgan fingerprint density at radius 1 is 1.33 bits per heavy atom. The summed E-state index contributed by atoms with van der Waals surface area (Å²) < 4.78 is 32.6. The van der Waals surface area contributed by atoms with E-state index in [0.717, 1.165) is 25.0 Å². The van der Waals surface area contributed by atoms with Gasteiger partial charge in [0.15, 0.2) is 0 Å². The van der Waals surface area contributed by atoms with Gasteiger partial charge in [0.2, 0.25) is 0 Å². The molecule has 98 valence electrons. The summed E-state index contributed by atoms with van der Waals surface area (Å²) in [5.74, 6) is 4.59. The average Bonchev–Trinajstić information content (AvgIpc) is 2.38. The van der Waals surface area contributed by atoms with E-state index in [1.54, 1.807) is 0 Å². The first-order chi connectivity index (χ1) is 8.63. The second kappa shape index (κ2) is 5.65. The predicted molar refractivity (Wildman–Crippen MR) is 64.7 cm³/mol. The molecule has 3 nitrogen and oxygen atoms in total. The van der Waals surface area contributed by atoms with E-state index >= 15 is 0 Å². The summed E-state index contributed by atoms with van der Waals surface area (Å²) in [4.78, 5) is 0. The lowest BCUT2D eigenvalue weighted by Crippen LogP contribution is -2.31. The Hall–Kier alpha value is -1.17. The van der Waals surface area contributed by atoms with Crippen molar-refractivity contribution in [1.82, 2.24) is 5.43 Å². The van der Waals surface area contributed by atoms with E-state index in [4.69, 9.17) is 22.2 Å². The maximum atomic E-state index is 13.8. The van der Waals surface area contributed by atoms with Crippen LogP contribution in [0.4, 0.5) is 8.78 Å². The Bertz CT molecular complexity index is 479. The molecule has 3 N–H and O–H groups in total. The molecule has 18 heavy (non-hydrogen) atoms. The van der Waals surface area contributed by atoms with Crippen LogP contribution in [0.15, 0.2) is 24.0 Å². The molecule has 0 bridgehead atoms. The highest BCUT2D eigenvalue weighted by atomic mass is 35.5. The van der Waals surface area contributed by atoms with Gasteiger partial charge in [0.05, 0.1) is 11.6 Å². The van der Waals surface area contributed by atoms with Crippen molar-refractivity contribution < 1.29 is 13.5 Å². The molecule has 1 heterocycles. The zero-order valence-corrected chi connectivity index (χ0v) is 10.3. The monoisotopic (exact) mass is 274 g/mol. The second-order valence-electron chi connectivity index (χ2n) is 3.98. The van der Waals surface area contributed by atoms with Gasteiger partial charge in [-0.05, 0) is 31.1 Å². The molecule has 0 fully saturated rings. The van der Waals surface area contributed by atoms with Gasteiger partial charge in [0.1, 0.15) is 23.4 Å². The number of allylic oxidation sites excluding steroid dienone is 1. The Morgan fingerprint density at radius 2 is 2.11 bits per heavy atom. The van der Waals surface area contributed by atoms with E-state index in [9.17, 15) is 8.78 Å². The van der Waals surface area contributed by atoms with Crippen LogP contribution in [-0.4, -0.2) is 6.61 Å². The molecular formula is C12H13ClF2N2O. The Balaban J connectivity index is 2.38. The maximum Gasteiger partial charge on any atom is 0.142 e. The van der Waals surface area contributed by atoms with Gasteiger partial charge >= 0.3 is 0 Å². The molecule has 0 radical (unpaired) electrons. The number of hydrazine groups is 1. The van der Waals surface area contributed by atoms with Gasteiger partial charge in [-0.1, -0.05) is 11.6 Å². The minimum absolute atomic E-state index is 0.0764. The van der Waals surface area contributed by atoms with Crippen molar-refractivity contribution in [1.29, 1.82) is 0 Å². The first-order valence-corrected chi connectivity index (χ1v) is 5.94. The van der Waals surface area contributed by atoms with Gasteiger partial charge in [-0.15, -0.1) is 0 Å². The normalized spacial score (nSPS) is 17.0. The maximum absolute atomic E-state index is 13.8. The van der Waals surface area contributed by atoms with Crippen LogP contribution in [0.5, 0.6) is 0 Å². The molecule has 1 aliphatic heterocycles. The summed E-state index contributed by atoms with van der Waals surface area (Å²) in [6.45, 7) is 0.543. The SMILES string of the molecule is NNC(C1=CCCCO1)c1cc(F)c(Cl)cc1F. The van der Waals surface area contributed by atoms with Crippen LogP contribution in [0, 0.1) is 11.6 Å². The third-order valence-electron chi connectivity index (χ3n) is 2.76. The van der Waals surface area contributed by atoms with Gasteiger partial charge in [0.25, 0.3) is 0 Å². The lowest BCUT2D eigenvalue weighted by molar-refractivity contribution is 0.167. The molecular weight excluding hydrogens is 262 g/mol. The highest BCUT2D eigenvalue weighted by Gasteiger charge is 2.23. The number of ether oxygens (including phenoxy) is 1. The summed E-state index contributed by atoms with van der Waals surface area (Å²) in [5, 5.41) is -0.259. The molecule has 1 aliphatic rings. The van der Waals surface area contributed by atoms with E-state index < -0.39 is 17.7 Å². The van der Waals surface area contributed by atoms with Gasteiger partial charge in [-0.25, -0.2) is 14.2 Å². The first kappa shape index (κ1) is 13.3. The largest absolute Gasteiger partial charge is 0.496 e. The number of halogens is 3. The van der Waals surface area contributed by atoms with Crippen LogP contribution in [0.2, 0.25) is 5.02 Å². The minimum atomic E-state index is -0.711. The van der Waals surface area contributed by atoms with Gasteiger partial charge in [-0.3, -0.25) is 5.84 Å². The van der Waals surface area contributed by atoms with Crippen LogP contribution < -0.4 is 11.3 Å². The zero-order chi connectivity index (χ0) is 13.1. The van der Waals surface area contributed by atoms with Crippen molar-refractivity contribution >= 4 is 11.6 Å². The second-order valence-corrected chi connectivity index (χ2v) is 4.39. The fraction of sp³-hybridized carbons (Fsp3) is 0.333. The first-order valence-electron chi connectivity index (χ1n) is 5.57. The lowest BCUT2D eigenvalue weighted by atomic mass is 10.0. The van der Waals surface area contributed by atoms with Crippen LogP contribution in [0.3, 0.4) is 0 Å². The molecule has 0 saturated heterocycles. The van der Waals surface area contributed by atoms with Crippen molar-refractivity contribution in [3.63, 3.8) is 0 Å². The van der Waals surface area contributed by atoms with Crippen molar-refractivity contribution in [3.8, 4) is 0 Å². The molecule has 0 amide bonds. The van der Waals surface area contributed by atoms with Crippen molar-refractivity contribution in [2.45, 2.75) is 18.9 Å². The quantitative estimate of drug-likeness (QED) is 0.506. The Kier molecular flexibility index (Phi) is 4.16. The average molecular weight is 275 g/mol. The Labute approximate surface area is 109 Å². The standard InChI is InChI=1S/C12H13ClF2N2O/c13-8-6-9(14)7(5-10(8)15)12(17-16)11-3-1-2-4-18-11/h3,5-6,12,17H,1-2,4,16H2. The lowest BCUT2D eigenvalue weighted by Gasteiger charge is -2.24. The third kappa shape index (κ3) is 2.63. The number of nitrogens with two attached hydrogens (primary N) is 1. The number of hydrogen-bond donors (Lipinski definition) is 2. The predicted octanol–water partition coefficient (Wildman–Crippen LogP) is 2.82. The van der Waals surface area contributed by atoms with E-state index in [1.165, 1.54) is 0 Å². The molecule has 1 aromatic rings. The smallest absolute Gasteiger partial charge is 0.142 e. The fourth-order valence-electron chi connectivity index (χ4n) is 1.86. The van der Waals surface area contributed by atoms with E-state index in [-0.39, 0.29) is 10.6 Å². The summed E-state index contributed by atoms with van der Waals surface area (Å²) in [7, 11) is 0. The number of hydrogen-bond acceptors (Lipinski definition) is 3. The molecule has 1 aromatic carbocycles. The molecule has 1 unspecified atom stereocenters. The molecule has 0 saturated carbocycles. The molecule has 0 aliphatic carbocycles. The summed E-state index contributed by atoms with van der Waals surface area (Å²) in [5.41, 5.74) is 2.51. The zero-order valence-electron chi connectivity index (χ0n) is 9.55. The van der Waals surface area contributed by atoms with E-state index in [0.29, 0.717) is 12.4 Å². The fourth-order valence-corrected chi connectivity index (χ4v) is 2.01. The molecule has 0 aromatic heterocycles. The van der Waals surface area contributed by atoms with Crippen LogP contribution >= 0.6 is 11.6 Å². The highest BCUT2D eigenvalue weighted by Crippen LogP contribution is 2.30. The highest BCUT2D eigenvalue weighted by molar-refractivity contribution is 6.30. The van der Waals surface area contributed by atoms with E-state index in [2.05, 4.69) is 5.43 Å². The van der Waals surface area contributed by atoms with Gasteiger partial charge in [-0.2, -0.15) is 0 Å². The number of rotatable bonds is 3. The van der Waals surface area contributed by atoms with Crippen molar-refractivity contribution in [2.75, 3.05) is 6.61 Å². The molecule has 1 atom stereocenters. The summed E-state index contributed by atoms with van der Waals surface area (Å²) >= 11 is 5.51.